The standard InChI is InChI=1S/C6H7NS2/c1-8-9-6-3-2-4-7-5-6/h2-5H,1H3. The van der Waals surface area contributed by atoms with E-state index >= 15 is 0 Å². The Balaban J connectivity index is 2.61. The molecule has 0 atom stereocenters. The maximum absolute atomic E-state index is 3.97. The molecule has 0 amide bonds. The highest BCUT2D eigenvalue weighted by atomic mass is 33.1. The summed E-state index contributed by atoms with van der Waals surface area (Å²) in [6, 6.07) is 3.99. The predicted molar refractivity (Wildman–Crippen MR) is 43.6 cm³/mol. The van der Waals surface area contributed by atoms with Gasteiger partial charge in [-0.2, -0.15) is 0 Å². The first-order valence-corrected chi connectivity index (χ1v) is 5.10. The lowest BCUT2D eigenvalue weighted by Crippen LogP contribution is -1.68. The number of rotatable bonds is 2. The Morgan fingerprint density at radius 1 is 1.56 bits per heavy atom. The van der Waals surface area contributed by atoms with Crippen molar-refractivity contribution >= 4 is 21.6 Å². The number of hydrogen-bond donors (Lipinski definition) is 0. The van der Waals surface area contributed by atoms with E-state index in [4.69, 9.17) is 0 Å². The molecule has 3 heteroatoms. The van der Waals surface area contributed by atoms with Gasteiger partial charge in [-0.1, -0.05) is 21.6 Å². The van der Waals surface area contributed by atoms with Crippen molar-refractivity contribution in [2.75, 3.05) is 6.26 Å². The fourth-order valence-electron chi connectivity index (χ4n) is 0.493. The molecule has 0 unspecified atom stereocenters. The Morgan fingerprint density at radius 2 is 2.44 bits per heavy atom. The van der Waals surface area contributed by atoms with E-state index in [1.807, 2.05) is 18.3 Å². The van der Waals surface area contributed by atoms with Crippen LogP contribution in [0.4, 0.5) is 0 Å². The van der Waals surface area contributed by atoms with Crippen LogP contribution in [0.15, 0.2) is 29.4 Å². The highest BCUT2D eigenvalue weighted by Gasteiger charge is 1.86. The highest BCUT2D eigenvalue weighted by molar-refractivity contribution is 8.76. The molecular weight excluding hydrogens is 150 g/mol. The predicted octanol–water partition coefficient (Wildman–Crippen LogP) is 2.45. The summed E-state index contributed by atoms with van der Waals surface area (Å²) >= 11 is 0. The number of hydrogen-bond acceptors (Lipinski definition) is 3. The Hall–Kier alpha value is -0.150. The molecular formula is C6H7NS2. The van der Waals surface area contributed by atoms with E-state index in [1.165, 1.54) is 4.90 Å². The third-order valence-corrected chi connectivity index (χ3v) is 2.49. The summed E-state index contributed by atoms with van der Waals surface area (Å²) in [5.74, 6) is 0. The SMILES string of the molecule is CSSc1cccnc1. The van der Waals surface area contributed by atoms with Gasteiger partial charge in [-0.05, 0) is 18.4 Å². The van der Waals surface area contributed by atoms with Crippen LogP contribution in [-0.4, -0.2) is 11.2 Å². The largest absolute Gasteiger partial charge is 0.264 e. The van der Waals surface area contributed by atoms with Crippen LogP contribution in [0.1, 0.15) is 0 Å². The quantitative estimate of drug-likeness (QED) is 0.612. The summed E-state index contributed by atoms with van der Waals surface area (Å²) in [6.45, 7) is 0. The summed E-state index contributed by atoms with van der Waals surface area (Å²) in [7, 11) is 3.46. The second-order valence-electron chi connectivity index (χ2n) is 1.44. The minimum absolute atomic E-state index is 1.21. The fourth-order valence-corrected chi connectivity index (χ4v) is 1.80. The molecule has 0 radical (unpaired) electrons. The van der Waals surface area contributed by atoms with Gasteiger partial charge in [0.15, 0.2) is 0 Å². The highest BCUT2D eigenvalue weighted by Crippen LogP contribution is 2.26. The van der Waals surface area contributed by atoms with Gasteiger partial charge in [0.1, 0.15) is 0 Å². The van der Waals surface area contributed by atoms with Gasteiger partial charge in [0.05, 0.1) is 0 Å². The van der Waals surface area contributed by atoms with Crippen LogP contribution >= 0.6 is 21.6 Å². The van der Waals surface area contributed by atoms with E-state index in [0.29, 0.717) is 0 Å². The van der Waals surface area contributed by atoms with E-state index in [9.17, 15) is 0 Å². The van der Waals surface area contributed by atoms with E-state index in [1.54, 1.807) is 27.8 Å². The lowest BCUT2D eigenvalue weighted by molar-refractivity contribution is 1.24. The lowest BCUT2D eigenvalue weighted by atomic mass is 10.5. The third kappa shape index (κ3) is 2.28. The minimum atomic E-state index is 1.21. The average molecular weight is 157 g/mol. The van der Waals surface area contributed by atoms with Crippen LogP contribution in [0.2, 0.25) is 0 Å². The van der Waals surface area contributed by atoms with Gasteiger partial charge in [-0.15, -0.1) is 0 Å². The summed E-state index contributed by atoms with van der Waals surface area (Å²) in [5.41, 5.74) is 0. The summed E-state index contributed by atoms with van der Waals surface area (Å²) < 4.78 is 0. The molecule has 0 fully saturated rings. The van der Waals surface area contributed by atoms with Gasteiger partial charge in [-0.25, -0.2) is 0 Å². The second-order valence-corrected chi connectivity index (χ2v) is 3.91. The molecule has 1 aromatic heterocycles. The summed E-state index contributed by atoms with van der Waals surface area (Å²) in [6.07, 6.45) is 5.70. The fraction of sp³-hybridized carbons (Fsp3) is 0.167. The van der Waals surface area contributed by atoms with E-state index < -0.39 is 0 Å². The maximum atomic E-state index is 3.97. The van der Waals surface area contributed by atoms with Crippen molar-refractivity contribution in [3.8, 4) is 0 Å². The molecule has 1 nitrogen and oxygen atoms in total. The van der Waals surface area contributed by atoms with Crippen molar-refractivity contribution in [2.24, 2.45) is 0 Å². The monoisotopic (exact) mass is 157 g/mol. The second kappa shape index (κ2) is 3.80. The van der Waals surface area contributed by atoms with Gasteiger partial charge >= 0.3 is 0 Å². The molecule has 0 aliphatic heterocycles. The molecule has 0 spiro atoms. The van der Waals surface area contributed by atoms with Gasteiger partial charge in [0.25, 0.3) is 0 Å². The first-order valence-electron chi connectivity index (χ1n) is 2.54. The van der Waals surface area contributed by atoms with Crippen LogP contribution in [-0.2, 0) is 0 Å². The summed E-state index contributed by atoms with van der Waals surface area (Å²) in [5, 5.41) is 0. The molecule has 0 saturated carbocycles. The first kappa shape index (κ1) is 6.96. The molecule has 0 aliphatic carbocycles. The molecule has 0 aromatic carbocycles. The molecule has 0 bridgehead atoms. The number of aromatic nitrogens is 1. The van der Waals surface area contributed by atoms with Gasteiger partial charge < -0.3 is 0 Å². The molecule has 1 aromatic rings. The zero-order valence-corrected chi connectivity index (χ0v) is 6.71. The number of nitrogens with zero attached hydrogens (tertiary/aromatic N) is 1. The Labute approximate surface area is 62.7 Å². The maximum Gasteiger partial charge on any atom is 0.0412 e. The summed E-state index contributed by atoms with van der Waals surface area (Å²) in [4.78, 5) is 5.18. The Morgan fingerprint density at radius 3 is 3.00 bits per heavy atom. The van der Waals surface area contributed by atoms with Crippen LogP contribution < -0.4 is 0 Å². The zero-order valence-electron chi connectivity index (χ0n) is 5.07. The lowest BCUT2D eigenvalue weighted by Gasteiger charge is -1.91. The Kier molecular flexibility index (Phi) is 2.94. The van der Waals surface area contributed by atoms with Crippen molar-refractivity contribution in [3.05, 3.63) is 24.5 Å². The van der Waals surface area contributed by atoms with Crippen molar-refractivity contribution in [1.82, 2.24) is 4.98 Å². The van der Waals surface area contributed by atoms with Crippen LogP contribution in [0.3, 0.4) is 0 Å². The zero-order chi connectivity index (χ0) is 6.53. The molecule has 1 rings (SSSR count). The third-order valence-electron chi connectivity index (χ3n) is 0.814. The van der Waals surface area contributed by atoms with Crippen molar-refractivity contribution < 1.29 is 0 Å². The molecule has 48 valence electrons. The molecule has 0 saturated heterocycles. The average Bonchev–Trinajstić information content (AvgIpc) is 1.91. The van der Waals surface area contributed by atoms with Gasteiger partial charge in [-0.3, -0.25) is 4.98 Å². The van der Waals surface area contributed by atoms with Gasteiger partial charge in [0.2, 0.25) is 0 Å². The van der Waals surface area contributed by atoms with Crippen LogP contribution in [0.5, 0.6) is 0 Å². The number of pyridine rings is 1. The van der Waals surface area contributed by atoms with Crippen molar-refractivity contribution in [2.45, 2.75) is 4.90 Å². The van der Waals surface area contributed by atoms with E-state index in [2.05, 4.69) is 11.2 Å². The molecule has 0 N–H and O–H groups in total. The van der Waals surface area contributed by atoms with E-state index in [-0.39, 0.29) is 0 Å². The van der Waals surface area contributed by atoms with Crippen molar-refractivity contribution in [3.63, 3.8) is 0 Å². The van der Waals surface area contributed by atoms with Crippen LogP contribution in [0, 0.1) is 0 Å². The topological polar surface area (TPSA) is 12.9 Å². The van der Waals surface area contributed by atoms with Crippen LogP contribution in [0.25, 0.3) is 0 Å². The van der Waals surface area contributed by atoms with Crippen molar-refractivity contribution in [1.29, 1.82) is 0 Å². The molecule has 0 aliphatic rings. The molecule has 9 heavy (non-hydrogen) atoms. The molecule has 1 heterocycles. The first-order chi connectivity index (χ1) is 4.43. The van der Waals surface area contributed by atoms with E-state index in [0.717, 1.165) is 0 Å². The normalized spacial score (nSPS) is 9.44. The Bertz CT molecular complexity index is 164. The smallest absolute Gasteiger partial charge is 0.0412 e. The minimum Gasteiger partial charge on any atom is -0.264 e. The van der Waals surface area contributed by atoms with Gasteiger partial charge in [0, 0.05) is 17.3 Å².